The Balaban J connectivity index is 3.80. The number of hydrogen-bond donors (Lipinski definition) is 2. The molecule has 0 heterocycles. The lowest BCUT2D eigenvalue weighted by Gasteiger charge is -2.26. The quantitative estimate of drug-likeness (QED) is 0.481. The van der Waals surface area contributed by atoms with Gasteiger partial charge in [0.1, 0.15) is 0 Å². The number of nitrogens with two attached hydrogens (primary N) is 1. The van der Waals surface area contributed by atoms with E-state index in [0.29, 0.717) is 6.41 Å². The second-order valence-corrected chi connectivity index (χ2v) is 3.74. The van der Waals surface area contributed by atoms with E-state index in [1.165, 1.54) is 0 Å². The minimum Gasteiger partial charge on any atom is -0.352 e. The third-order valence-electron chi connectivity index (χ3n) is 1.14. The lowest BCUT2D eigenvalue weighted by atomic mass is 10.2. The van der Waals surface area contributed by atoms with E-state index in [1.54, 1.807) is 0 Å². The molecule has 0 fully saturated rings. The summed E-state index contributed by atoms with van der Waals surface area (Å²) in [6.07, 6.45) is 0.563. The van der Waals surface area contributed by atoms with Crippen LogP contribution in [0.4, 0.5) is 4.79 Å². The van der Waals surface area contributed by atoms with Crippen molar-refractivity contribution in [1.82, 2.24) is 10.4 Å². The molecule has 0 aromatic carbocycles. The van der Waals surface area contributed by atoms with E-state index < -0.39 is 11.6 Å². The molecule has 0 aromatic rings. The summed E-state index contributed by atoms with van der Waals surface area (Å²) >= 11 is 0. The fourth-order valence-electron chi connectivity index (χ4n) is 0.761. The molecule has 0 unspecified atom stereocenters. The lowest BCUT2D eigenvalue weighted by Crippen LogP contribution is -2.40. The Hall–Kier alpha value is -1.30. The fourth-order valence-corrected chi connectivity index (χ4v) is 0.761. The van der Waals surface area contributed by atoms with Crippen LogP contribution in [-0.4, -0.2) is 36.2 Å². The maximum atomic E-state index is 10.5. The van der Waals surface area contributed by atoms with Gasteiger partial charge >= 0.3 is 6.03 Å². The number of nitrogens with zero attached hydrogens (tertiary/aromatic N) is 1. The molecule has 0 radical (unpaired) electrons. The van der Waals surface area contributed by atoms with Crippen molar-refractivity contribution in [2.45, 2.75) is 26.4 Å². The first-order valence-electron chi connectivity index (χ1n) is 4.29. The molecule has 0 aromatic heterocycles. The molecule has 0 rings (SSSR count). The van der Waals surface area contributed by atoms with E-state index >= 15 is 0 Å². The Morgan fingerprint density at radius 1 is 1.57 bits per heavy atom. The first-order valence-corrected chi connectivity index (χ1v) is 4.29. The summed E-state index contributed by atoms with van der Waals surface area (Å²) in [4.78, 5) is 26.1. The zero-order valence-corrected chi connectivity index (χ0v) is 8.74. The van der Waals surface area contributed by atoms with Gasteiger partial charge in [-0.25, -0.2) is 9.86 Å². The summed E-state index contributed by atoms with van der Waals surface area (Å²) in [5.41, 5.74) is 4.41. The molecule has 0 atom stereocenters. The van der Waals surface area contributed by atoms with Crippen LogP contribution < -0.4 is 11.1 Å². The number of urea groups is 1. The van der Waals surface area contributed by atoms with Gasteiger partial charge in [-0.3, -0.25) is 9.63 Å². The first-order chi connectivity index (χ1) is 6.35. The van der Waals surface area contributed by atoms with E-state index in [1.807, 2.05) is 20.8 Å². The first kappa shape index (κ1) is 12.7. The number of nitrogens with one attached hydrogen (secondary N) is 1. The largest absolute Gasteiger partial charge is 0.352 e. The van der Waals surface area contributed by atoms with Crippen LogP contribution in [-0.2, 0) is 9.63 Å². The summed E-state index contributed by atoms with van der Waals surface area (Å²) in [6.45, 7) is 6.01. The summed E-state index contributed by atoms with van der Waals surface area (Å²) in [6, 6.07) is -0.619. The predicted octanol–water partition coefficient (Wildman–Crippen LogP) is -0.157. The number of carbonyl (C=O) groups excluding carboxylic acids is 2. The van der Waals surface area contributed by atoms with Crippen LogP contribution >= 0.6 is 0 Å². The number of rotatable bonds is 5. The van der Waals surface area contributed by atoms with E-state index in [4.69, 9.17) is 10.6 Å². The second kappa shape index (κ2) is 5.43. The minimum atomic E-state index is -0.619. The van der Waals surface area contributed by atoms with Crippen molar-refractivity contribution in [3.63, 3.8) is 0 Å². The number of primary amides is 1. The average Bonchev–Trinajstić information content (AvgIpc) is 1.99. The summed E-state index contributed by atoms with van der Waals surface area (Å²) in [5, 5.41) is 3.48. The summed E-state index contributed by atoms with van der Waals surface area (Å²) in [5.74, 6) is 0. The fraction of sp³-hybridized carbons (Fsp3) is 0.750. The number of amides is 3. The molecule has 6 heteroatoms. The second-order valence-electron chi connectivity index (χ2n) is 3.74. The van der Waals surface area contributed by atoms with Gasteiger partial charge in [0.05, 0.1) is 12.1 Å². The van der Waals surface area contributed by atoms with Gasteiger partial charge in [-0.1, -0.05) is 0 Å². The van der Waals surface area contributed by atoms with Crippen molar-refractivity contribution >= 4 is 12.4 Å². The number of hydrogen-bond acceptors (Lipinski definition) is 3. The molecule has 0 spiro atoms. The van der Waals surface area contributed by atoms with Crippen molar-refractivity contribution in [2.75, 3.05) is 13.1 Å². The monoisotopic (exact) mass is 203 g/mol. The highest BCUT2D eigenvalue weighted by Crippen LogP contribution is 2.08. The molecule has 6 nitrogen and oxygen atoms in total. The highest BCUT2D eigenvalue weighted by atomic mass is 16.7. The third-order valence-corrected chi connectivity index (χ3v) is 1.14. The molecule has 0 aliphatic rings. The van der Waals surface area contributed by atoms with E-state index in [0.717, 1.165) is 5.06 Å². The molecule has 0 aliphatic carbocycles. The topological polar surface area (TPSA) is 84.7 Å². The highest BCUT2D eigenvalue weighted by molar-refractivity contribution is 5.71. The Kier molecular flexibility index (Phi) is 4.93. The molecule has 3 N–H and O–H groups in total. The van der Waals surface area contributed by atoms with Crippen molar-refractivity contribution in [1.29, 1.82) is 0 Å². The standard InChI is InChI=1S/C8H17N3O3/c1-8(2,3)14-11(6-12)5-4-10-7(9)13/h6H,4-5H2,1-3H3,(H3,9,10,13). The van der Waals surface area contributed by atoms with Gasteiger partial charge in [0, 0.05) is 6.54 Å². The smallest absolute Gasteiger partial charge is 0.312 e. The average molecular weight is 203 g/mol. The zero-order chi connectivity index (χ0) is 11.2. The van der Waals surface area contributed by atoms with E-state index in [9.17, 15) is 9.59 Å². The number of hydroxylamine groups is 2. The van der Waals surface area contributed by atoms with Gasteiger partial charge in [-0.05, 0) is 20.8 Å². The van der Waals surface area contributed by atoms with Crippen LogP contribution in [0.3, 0.4) is 0 Å². The van der Waals surface area contributed by atoms with Crippen molar-refractivity contribution in [3.05, 3.63) is 0 Å². The molecular formula is C8H17N3O3. The lowest BCUT2D eigenvalue weighted by molar-refractivity contribution is -0.215. The van der Waals surface area contributed by atoms with Crippen LogP contribution in [0.5, 0.6) is 0 Å². The minimum absolute atomic E-state index is 0.268. The Morgan fingerprint density at radius 3 is 2.50 bits per heavy atom. The van der Waals surface area contributed by atoms with Gasteiger partial charge in [0.25, 0.3) is 0 Å². The van der Waals surface area contributed by atoms with Crippen molar-refractivity contribution < 1.29 is 14.4 Å². The Labute approximate surface area is 83.3 Å². The van der Waals surface area contributed by atoms with Gasteiger partial charge in [0.15, 0.2) is 0 Å². The third kappa shape index (κ3) is 7.35. The highest BCUT2D eigenvalue weighted by Gasteiger charge is 2.15. The summed E-state index contributed by atoms with van der Waals surface area (Å²) < 4.78 is 0. The zero-order valence-electron chi connectivity index (χ0n) is 8.74. The van der Waals surface area contributed by atoms with Crippen LogP contribution in [0.15, 0.2) is 0 Å². The molecule has 0 saturated heterocycles. The van der Waals surface area contributed by atoms with E-state index in [2.05, 4.69) is 5.32 Å². The Bertz CT molecular complexity index is 200. The molecule has 14 heavy (non-hydrogen) atoms. The van der Waals surface area contributed by atoms with Crippen LogP contribution in [0, 0.1) is 0 Å². The SMILES string of the molecule is CC(C)(C)ON(C=O)CCNC(N)=O. The van der Waals surface area contributed by atoms with E-state index in [-0.39, 0.29) is 13.1 Å². The van der Waals surface area contributed by atoms with Crippen LogP contribution in [0.25, 0.3) is 0 Å². The van der Waals surface area contributed by atoms with Gasteiger partial charge in [-0.2, -0.15) is 0 Å². The molecule has 0 bridgehead atoms. The summed E-state index contributed by atoms with van der Waals surface area (Å²) in [7, 11) is 0. The maximum absolute atomic E-state index is 10.5. The maximum Gasteiger partial charge on any atom is 0.312 e. The molecule has 3 amide bonds. The van der Waals surface area contributed by atoms with Crippen LogP contribution in [0.1, 0.15) is 20.8 Å². The molecule has 0 aliphatic heterocycles. The molecular weight excluding hydrogens is 186 g/mol. The van der Waals surface area contributed by atoms with Gasteiger partial charge in [-0.15, -0.1) is 0 Å². The van der Waals surface area contributed by atoms with Crippen molar-refractivity contribution in [3.8, 4) is 0 Å². The van der Waals surface area contributed by atoms with Crippen molar-refractivity contribution in [2.24, 2.45) is 5.73 Å². The van der Waals surface area contributed by atoms with Crippen LogP contribution in [0.2, 0.25) is 0 Å². The Morgan fingerprint density at radius 2 is 2.14 bits per heavy atom. The predicted molar refractivity (Wildman–Crippen MR) is 51.2 cm³/mol. The normalized spacial score (nSPS) is 10.8. The molecule has 0 saturated carbocycles. The number of carbonyl (C=O) groups is 2. The van der Waals surface area contributed by atoms with Gasteiger partial charge in [0.2, 0.25) is 6.41 Å². The van der Waals surface area contributed by atoms with Gasteiger partial charge < -0.3 is 11.1 Å². The molecule has 82 valence electrons.